The Balaban J connectivity index is 2.32. The number of alkyl halides is 3. The number of hydrogen-bond donors (Lipinski definition) is 0. The largest absolute Gasteiger partial charge is 0.393 e. The van der Waals surface area contributed by atoms with Crippen LogP contribution in [0.3, 0.4) is 0 Å². The zero-order chi connectivity index (χ0) is 14.9. The molecule has 8 heteroatoms. The molecule has 1 aromatic rings. The topological polar surface area (TPSA) is 46.4 Å². The van der Waals surface area contributed by atoms with Gasteiger partial charge in [-0.3, -0.25) is 10.1 Å². The highest BCUT2D eigenvalue weighted by molar-refractivity contribution is 6.33. The molecule has 1 saturated heterocycles. The quantitative estimate of drug-likeness (QED) is 0.612. The molecular weight excluding hydrogens is 297 g/mol. The van der Waals surface area contributed by atoms with E-state index in [0.29, 0.717) is 13.0 Å². The monoisotopic (exact) mass is 308 g/mol. The van der Waals surface area contributed by atoms with Gasteiger partial charge in [0.15, 0.2) is 0 Å². The minimum atomic E-state index is -4.29. The van der Waals surface area contributed by atoms with Crippen LogP contribution in [0.15, 0.2) is 18.2 Å². The molecule has 20 heavy (non-hydrogen) atoms. The Hall–Kier alpha value is -1.50. The van der Waals surface area contributed by atoms with Crippen LogP contribution in [0, 0.1) is 16.0 Å². The summed E-state index contributed by atoms with van der Waals surface area (Å²) in [6.07, 6.45) is -3.89. The smallest absolute Gasteiger partial charge is 0.365 e. The average molecular weight is 309 g/mol. The second-order valence-corrected chi connectivity index (χ2v) is 5.10. The molecule has 0 radical (unpaired) electrons. The van der Waals surface area contributed by atoms with E-state index in [-0.39, 0.29) is 29.4 Å². The van der Waals surface area contributed by atoms with E-state index in [4.69, 9.17) is 11.6 Å². The Morgan fingerprint density at radius 2 is 2.10 bits per heavy atom. The van der Waals surface area contributed by atoms with Crippen LogP contribution in [0.2, 0.25) is 5.02 Å². The molecule has 1 unspecified atom stereocenters. The molecular formula is C12H12ClF3N2O2. The fourth-order valence-corrected chi connectivity index (χ4v) is 2.64. The maximum absolute atomic E-state index is 12.8. The number of anilines is 1. The van der Waals surface area contributed by atoms with Crippen molar-refractivity contribution in [3.8, 4) is 0 Å². The zero-order valence-corrected chi connectivity index (χ0v) is 11.1. The van der Waals surface area contributed by atoms with E-state index >= 15 is 0 Å². The Labute approximate surface area is 118 Å². The fraction of sp³-hybridized carbons (Fsp3) is 0.500. The van der Waals surface area contributed by atoms with Gasteiger partial charge in [-0.1, -0.05) is 17.7 Å². The lowest BCUT2D eigenvalue weighted by molar-refractivity contribution is -0.384. The average Bonchev–Trinajstić information content (AvgIpc) is 2.37. The van der Waals surface area contributed by atoms with Gasteiger partial charge in [0.1, 0.15) is 10.7 Å². The summed E-state index contributed by atoms with van der Waals surface area (Å²) in [5, 5.41) is 11.0. The minimum absolute atomic E-state index is 0.0500. The molecule has 1 atom stereocenters. The second kappa shape index (κ2) is 5.47. The zero-order valence-electron chi connectivity index (χ0n) is 10.4. The fourth-order valence-electron chi connectivity index (χ4n) is 2.40. The van der Waals surface area contributed by atoms with Gasteiger partial charge in [0.05, 0.1) is 10.8 Å². The standard InChI is InChI=1S/C12H12ClF3N2O2/c13-9-4-1-5-10(11(9)18(19)20)17-6-2-3-8(7-17)12(14,15)16/h1,4-5,8H,2-3,6-7H2. The van der Waals surface area contributed by atoms with Crippen LogP contribution in [0.4, 0.5) is 24.5 Å². The molecule has 0 bridgehead atoms. The number of benzene rings is 1. The summed E-state index contributed by atoms with van der Waals surface area (Å²) in [5.74, 6) is -1.46. The van der Waals surface area contributed by atoms with E-state index in [9.17, 15) is 23.3 Å². The highest BCUT2D eigenvalue weighted by Gasteiger charge is 2.42. The number of halogens is 4. The number of nitrogens with zero attached hydrogens (tertiary/aromatic N) is 2. The number of nitro groups is 1. The van der Waals surface area contributed by atoms with Crippen LogP contribution in [0.5, 0.6) is 0 Å². The summed E-state index contributed by atoms with van der Waals surface area (Å²) in [5.41, 5.74) is -0.187. The second-order valence-electron chi connectivity index (χ2n) is 4.69. The number of para-hydroxylation sites is 1. The van der Waals surface area contributed by atoms with E-state index in [1.54, 1.807) is 0 Å². The van der Waals surface area contributed by atoms with Crippen LogP contribution in [0.25, 0.3) is 0 Å². The molecule has 2 rings (SSSR count). The molecule has 0 N–H and O–H groups in total. The molecule has 0 amide bonds. The van der Waals surface area contributed by atoms with Crippen molar-refractivity contribution >= 4 is 23.0 Å². The molecule has 4 nitrogen and oxygen atoms in total. The maximum Gasteiger partial charge on any atom is 0.393 e. The number of rotatable bonds is 2. The van der Waals surface area contributed by atoms with Gasteiger partial charge in [-0.05, 0) is 25.0 Å². The van der Waals surface area contributed by atoms with Gasteiger partial charge in [0.25, 0.3) is 0 Å². The maximum atomic E-state index is 12.8. The summed E-state index contributed by atoms with van der Waals surface area (Å²) < 4.78 is 38.3. The molecule has 1 fully saturated rings. The highest BCUT2D eigenvalue weighted by atomic mass is 35.5. The van der Waals surface area contributed by atoms with Gasteiger partial charge in [-0.2, -0.15) is 13.2 Å². The normalized spacial score (nSPS) is 20.0. The summed E-state index contributed by atoms with van der Waals surface area (Å²) >= 11 is 5.78. The first kappa shape index (κ1) is 14.9. The molecule has 0 aromatic heterocycles. The van der Waals surface area contributed by atoms with Crippen molar-refractivity contribution in [1.29, 1.82) is 0 Å². The van der Waals surface area contributed by atoms with Gasteiger partial charge in [-0.15, -0.1) is 0 Å². The predicted octanol–water partition coefficient (Wildman–Crippen LogP) is 4.03. The van der Waals surface area contributed by atoms with Crippen molar-refractivity contribution in [2.75, 3.05) is 18.0 Å². The van der Waals surface area contributed by atoms with Crippen molar-refractivity contribution in [3.05, 3.63) is 33.3 Å². The van der Waals surface area contributed by atoms with E-state index < -0.39 is 17.0 Å². The van der Waals surface area contributed by atoms with Gasteiger partial charge in [0, 0.05) is 13.1 Å². The summed E-state index contributed by atoms with van der Waals surface area (Å²) in [6, 6.07) is 4.29. The predicted molar refractivity (Wildman–Crippen MR) is 69.1 cm³/mol. The van der Waals surface area contributed by atoms with Crippen LogP contribution >= 0.6 is 11.6 Å². The van der Waals surface area contributed by atoms with Crippen molar-refractivity contribution in [3.63, 3.8) is 0 Å². The lowest BCUT2D eigenvalue weighted by atomic mass is 9.97. The SMILES string of the molecule is O=[N+]([O-])c1c(Cl)cccc1N1CCCC(C(F)(F)F)C1. The highest BCUT2D eigenvalue weighted by Crippen LogP contribution is 2.39. The number of piperidine rings is 1. The van der Waals surface area contributed by atoms with E-state index in [1.807, 2.05) is 0 Å². The Morgan fingerprint density at radius 3 is 2.70 bits per heavy atom. The van der Waals surface area contributed by atoms with E-state index in [0.717, 1.165) is 0 Å². The van der Waals surface area contributed by atoms with Gasteiger partial charge >= 0.3 is 11.9 Å². The van der Waals surface area contributed by atoms with Crippen LogP contribution < -0.4 is 4.90 Å². The molecule has 1 aliphatic heterocycles. The number of nitro benzene ring substituents is 1. The first-order chi connectivity index (χ1) is 9.30. The first-order valence-corrected chi connectivity index (χ1v) is 6.43. The molecule has 0 saturated carbocycles. The Bertz CT molecular complexity index is 522. The van der Waals surface area contributed by atoms with E-state index in [2.05, 4.69) is 0 Å². The molecule has 110 valence electrons. The van der Waals surface area contributed by atoms with Crippen molar-refractivity contribution < 1.29 is 18.1 Å². The lowest BCUT2D eigenvalue weighted by Crippen LogP contribution is -2.42. The van der Waals surface area contributed by atoms with Crippen molar-refractivity contribution in [2.45, 2.75) is 19.0 Å². The Kier molecular flexibility index (Phi) is 4.08. The summed E-state index contributed by atoms with van der Waals surface area (Å²) in [4.78, 5) is 11.8. The molecule has 1 heterocycles. The van der Waals surface area contributed by atoms with Crippen molar-refractivity contribution in [1.82, 2.24) is 0 Å². The molecule has 1 aliphatic rings. The minimum Gasteiger partial charge on any atom is -0.365 e. The summed E-state index contributed by atoms with van der Waals surface area (Å²) in [6.45, 7) is 0.0818. The third-order valence-corrected chi connectivity index (χ3v) is 3.68. The Morgan fingerprint density at radius 1 is 1.40 bits per heavy atom. The number of hydrogen-bond acceptors (Lipinski definition) is 3. The van der Waals surface area contributed by atoms with Crippen LogP contribution in [0.1, 0.15) is 12.8 Å². The summed E-state index contributed by atoms with van der Waals surface area (Å²) in [7, 11) is 0. The van der Waals surface area contributed by atoms with Gasteiger partial charge in [-0.25, -0.2) is 0 Å². The van der Waals surface area contributed by atoms with Crippen molar-refractivity contribution in [2.24, 2.45) is 5.92 Å². The molecule has 1 aromatic carbocycles. The molecule has 0 spiro atoms. The van der Waals surface area contributed by atoms with Gasteiger partial charge < -0.3 is 4.90 Å². The van der Waals surface area contributed by atoms with E-state index in [1.165, 1.54) is 23.1 Å². The van der Waals surface area contributed by atoms with Gasteiger partial charge in [0.2, 0.25) is 0 Å². The lowest BCUT2D eigenvalue weighted by Gasteiger charge is -2.34. The molecule has 0 aliphatic carbocycles. The first-order valence-electron chi connectivity index (χ1n) is 6.05. The third-order valence-electron chi connectivity index (χ3n) is 3.37. The van der Waals surface area contributed by atoms with Crippen LogP contribution in [-0.4, -0.2) is 24.2 Å². The third kappa shape index (κ3) is 2.98. The van der Waals surface area contributed by atoms with Crippen LogP contribution in [-0.2, 0) is 0 Å².